The predicted molar refractivity (Wildman–Crippen MR) is 121 cm³/mol. The minimum absolute atomic E-state index is 0.212. The lowest BCUT2D eigenvalue weighted by Crippen LogP contribution is -2.42. The first kappa shape index (κ1) is 21.7. The van der Waals surface area contributed by atoms with Crippen LogP contribution in [0.3, 0.4) is 0 Å². The summed E-state index contributed by atoms with van der Waals surface area (Å²) in [5.41, 5.74) is 1.22. The van der Waals surface area contributed by atoms with Crippen molar-refractivity contribution in [3.8, 4) is 10.4 Å². The van der Waals surface area contributed by atoms with Gasteiger partial charge < -0.3 is 10.1 Å². The molecule has 2 aromatic heterocycles. The van der Waals surface area contributed by atoms with E-state index in [1.807, 2.05) is 30.3 Å². The van der Waals surface area contributed by atoms with Gasteiger partial charge in [0.25, 0.3) is 10.0 Å². The molecular weight excluding hydrogens is 456 g/mol. The molecule has 1 saturated heterocycles. The Morgan fingerprint density at radius 3 is 2.61 bits per heavy atom. The van der Waals surface area contributed by atoms with Crippen molar-refractivity contribution < 1.29 is 22.7 Å². The number of ether oxygens (including phenoxy) is 1. The van der Waals surface area contributed by atoms with Crippen LogP contribution >= 0.6 is 22.7 Å². The summed E-state index contributed by atoms with van der Waals surface area (Å²) in [4.78, 5) is 26.4. The van der Waals surface area contributed by atoms with Crippen LogP contribution in [0.2, 0.25) is 0 Å². The number of methoxy groups -OCH3 is 1. The molecule has 1 aromatic carbocycles. The molecule has 0 spiro atoms. The van der Waals surface area contributed by atoms with Gasteiger partial charge in [-0.3, -0.25) is 4.79 Å². The van der Waals surface area contributed by atoms with Crippen LogP contribution in [0.15, 0.2) is 58.1 Å². The number of hydrogen-bond acceptors (Lipinski definition) is 7. The molecule has 0 bridgehead atoms. The van der Waals surface area contributed by atoms with Gasteiger partial charge in [-0.15, -0.1) is 22.7 Å². The Morgan fingerprint density at radius 1 is 1.16 bits per heavy atom. The van der Waals surface area contributed by atoms with Crippen molar-refractivity contribution in [2.75, 3.05) is 19.0 Å². The monoisotopic (exact) mass is 476 g/mol. The molecule has 7 nitrogen and oxygen atoms in total. The standard InChI is InChI=1S/C21H20N2O5S3/c1-28-21(25)19-15(13-17(30-19)14-7-3-2-4-8-14)22-20(24)16-9-5-11-23(16)31(26,27)18-10-6-12-29-18/h2-4,6-8,10,12-13,16H,5,9,11H2,1H3,(H,22,24)/t16-/m1/s1. The van der Waals surface area contributed by atoms with Gasteiger partial charge in [0.15, 0.2) is 0 Å². The quantitative estimate of drug-likeness (QED) is 0.542. The van der Waals surface area contributed by atoms with Gasteiger partial charge in [-0.05, 0) is 35.9 Å². The third kappa shape index (κ3) is 4.29. The number of anilines is 1. The smallest absolute Gasteiger partial charge is 0.350 e. The number of benzene rings is 1. The zero-order chi connectivity index (χ0) is 22.0. The molecule has 1 N–H and O–H groups in total. The predicted octanol–water partition coefficient (Wildman–Crippen LogP) is 4.06. The highest BCUT2D eigenvalue weighted by Crippen LogP contribution is 2.36. The van der Waals surface area contributed by atoms with Crippen molar-refractivity contribution >= 4 is 50.3 Å². The van der Waals surface area contributed by atoms with E-state index in [4.69, 9.17) is 4.74 Å². The maximum Gasteiger partial charge on any atom is 0.350 e. The van der Waals surface area contributed by atoms with Gasteiger partial charge in [-0.25, -0.2) is 13.2 Å². The average molecular weight is 477 g/mol. The topological polar surface area (TPSA) is 92.8 Å². The zero-order valence-corrected chi connectivity index (χ0v) is 19.1. The second-order valence-corrected chi connectivity index (χ2v) is 11.0. The maximum atomic E-state index is 13.1. The van der Waals surface area contributed by atoms with E-state index < -0.39 is 27.9 Å². The molecule has 0 saturated carbocycles. The highest BCUT2D eigenvalue weighted by Gasteiger charge is 2.40. The van der Waals surface area contributed by atoms with Crippen molar-refractivity contribution in [2.24, 2.45) is 0 Å². The fraction of sp³-hybridized carbons (Fsp3) is 0.238. The SMILES string of the molecule is COC(=O)c1sc(-c2ccccc2)cc1NC(=O)[C@H]1CCCN1S(=O)(=O)c1cccs1. The van der Waals surface area contributed by atoms with E-state index in [0.717, 1.165) is 21.8 Å². The molecule has 10 heteroatoms. The third-order valence-electron chi connectivity index (χ3n) is 4.98. The lowest BCUT2D eigenvalue weighted by molar-refractivity contribution is -0.119. The van der Waals surface area contributed by atoms with Crippen molar-refractivity contribution in [1.29, 1.82) is 0 Å². The third-order valence-corrected chi connectivity index (χ3v) is 9.43. The first-order valence-electron chi connectivity index (χ1n) is 9.55. The summed E-state index contributed by atoms with van der Waals surface area (Å²) in [6, 6.07) is 13.6. The zero-order valence-electron chi connectivity index (χ0n) is 16.6. The van der Waals surface area contributed by atoms with Crippen LogP contribution < -0.4 is 5.32 Å². The number of nitrogens with zero attached hydrogens (tertiary/aromatic N) is 1. The molecule has 31 heavy (non-hydrogen) atoms. The molecule has 3 aromatic rings. The highest BCUT2D eigenvalue weighted by atomic mass is 32.2. The number of amides is 1. The summed E-state index contributed by atoms with van der Waals surface area (Å²) >= 11 is 2.34. The second-order valence-electron chi connectivity index (χ2n) is 6.91. The van der Waals surface area contributed by atoms with Crippen molar-refractivity contribution in [3.05, 3.63) is 58.8 Å². The van der Waals surface area contributed by atoms with Crippen LogP contribution in [-0.2, 0) is 19.6 Å². The fourth-order valence-corrected chi connectivity index (χ4v) is 7.32. The molecule has 4 rings (SSSR count). The maximum absolute atomic E-state index is 13.1. The normalized spacial score (nSPS) is 16.9. The summed E-state index contributed by atoms with van der Waals surface area (Å²) in [6.45, 7) is 0.279. The van der Waals surface area contributed by atoms with Gasteiger partial charge in [0, 0.05) is 11.4 Å². The molecule has 1 atom stereocenters. The average Bonchev–Trinajstić information content (AvgIpc) is 3.54. The summed E-state index contributed by atoms with van der Waals surface area (Å²) in [6.07, 6.45) is 1.01. The van der Waals surface area contributed by atoms with Crippen LogP contribution in [0, 0.1) is 0 Å². The van der Waals surface area contributed by atoms with E-state index in [9.17, 15) is 18.0 Å². The van der Waals surface area contributed by atoms with E-state index in [1.54, 1.807) is 17.5 Å². The van der Waals surface area contributed by atoms with Gasteiger partial charge >= 0.3 is 5.97 Å². The molecule has 0 radical (unpaired) electrons. The van der Waals surface area contributed by atoms with Gasteiger partial charge in [-0.2, -0.15) is 4.31 Å². The number of carbonyl (C=O) groups is 2. The van der Waals surface area contributed by atoms with Gasteiger partial charge in [0.05, 0.1) is 12.8 Å². The molecular formula is C21H20N2O5S3. The Labute approximate surface area is 188 Å². The Morgan fingerprint density at radius 2 is 1.94 bits per heavy atom. The molecule has 1 aliphatic heterocycles. The first-order valence-corrected chi connectivity index (χ1v) is 12.7. The lowest BCUT2D eigenvalue weighted by atomic mass is 10.2. The van der Waals surface area contributed by atoms with E-state index >= 15 is 0 Å². The van der Waals surface area contributed by atoms with Gasteiger partial charge in [0.2, 0.25) is 5.91 Å². The molecule has 0 unspecified atom stereocenters. The molecule has 1 fully saturated rings. The molecule has 1 amide bonds. The van der Waals surface area contributed by atoms with E-state index in [-0.39, 0.29) is 15.6 Å². The molecule has 3 heterocycles. The van der Waals surface area contributed by atoms with Crippen LogP contribution in [0.5, 0.6) is 0 Å². The van der Waals surface area contributed by atoms with Crippen LogP contribution in [0.4, 0.5) is 5.69 Å². The van der Waals surface area contributed by atoms with Gasteiger partial charge in [0.1, 0.15) is 15.1 Å². The van der Waals surface area contributed by atoms with E-state index in [0.29, 0.717) is 18.5 Å². The molecule has 0 aliphatic carbocycles. The minimum Gasteiger partial charge on any atom is -0.465 e. The van der Waals surface area contributed by atoms with Crippen LogP contribution in [0.25, 0.3) is 10.4 Å². The Kier molecular flexibility index (Phi) is 6.24. The highest BCUT2D eigenvalue weighted by molar-refractivity contribution is 7.91. The number of thiophene rings is 2. The second kappa shape index (κ2) is 8.91. The number of hydrogen-bond donors (Lipinski definition) is 1. The molecule has 162 valence electrons. The Hall–Kier alpha value is -2.53. The van der Waals surface area contributed by atoms with Crippen LogP contribution in [0.1, 0.15) is 22.5 Å². The first-order chi connectivity index (χ1) is 14.9. The Balaban J connectivity index is 1.62. The lowest BCUT2D eigenvalue weighted by Gasteiger charge is -2.22. The Bertz CT molecular complexity index is 1190. The fourth-order valence-electron chi connectivity index (χ4n) is 3.50. The number of esters is 1. The van der Waals surface area contributed by atoms with E-state index in [2.05, 4.69) is 5.32 Å². The summed E-state index contributed by atoms with van der Waals surface area (Å²) in [5, 5.41) is 4.46. The number of rotatable bonds is 6. The number of sulfonamides is 1. The van der Waals surface area contributed by atoms with E-state index in [1.165, 1.54) is 28.8 Å². The summed E-state index contributed by atoms with van der Waals surface area (Å²) in [7, 11) is -2.47. The minimum atomic E-state index is -3.75. The number of carbonyl (C=O) groups excluding carboxylic acids is 2. The van der Waals surface area contributed by atoms with Gasteiger partial charge in [-0.1, -0.05) is 36.4 Å². The summed E-state index contributed by atoms with van der Waals surface area (Å²) < 4.78 is 32.2. The van der Waals surface area contributed by atoms with Crippen molar-refractivity contribution in [2.45, 2.75) is 23.1 Å². The number of nitrogens with one attached hydrogen (secondary N) is 1. The largest absolute Gasteiger partial charge is 0.465 e. The summed E-state index contributed by atoms with van der Waals surface area (Å²) in [5.74, 6) is -1.02. The molecule has 1 aliphatic rings. The van der Waals surface area contributed by atoms with Crippen LogP contribution in [-0.4, -0.2) is 44.3 Å². The van der Waals surface area contributed by atoms with Crippen molar-refractivity contribution in [3.63, 3.8) is 0 Å². The van der Waals surface area contributed by atoms with Crippen molar-refractivity contribution in [1.82, 2.24) is 4.31 Å².